The summed E-state index contributed by atoms with van der Waals surface area (Å²) >= 11 is 5.96. The van der Waals surface area contributed by atoms with E-state index in [4.69, 9.17) is 16.3 Å². The van der Waals surface area contributed by atoms with Gasteiger partial charge in [0.05, 0.1) is 6.61 Å². The molecule has 26 heavy (non-hydrogen) atoms. The van der Waals surface area contributed by atoms with Crippen LogP contribution in [0.4, 0.5) is 4.39 Å². The lowest BCUT2D eigenvalue weighted by Gasteiger charge is -2.19. The van der Waals surface area contributed by atoms with Crippen LogP contribution in [-0.4, -0.2) is 26.4 Å². The number of nitrogens with one attached hydrogen (secondary N) is 1. The van der Waals surface area contributed by atoms with Gasteiger partial charge in [-0.2, -0.15) is 17.4 Å². The molecule has 2 aromatic carbocycles. The van der Waals surface area contributed by atoms with E-state index in [9.17, 15) is 12.8 Å². The normalized spacial score (nSPS) is 11.9. The molecule has 0 aromatic heterocycles. The van der Waals surface area contributed by atoms with Gasteiger partial charge in [0.2, 0.25) is 0 Å². The summed E-state index contributed by atoms with van der Waals surface area (Å²) in [5.41, 5.74) is 1.97. The number of ether oxygens (including phenoxy) is 1. The van der Waals surface area contributed by atoms with Crippen LogP contribution in [0.1, 0.15) is 23.6 Å². The van der Waals surface area contributed by atoms with Crippen LogP contribution in [0.3, 0.4) is 0 Å². The Labute approximate surface area is 158 Å². The highest BCUT2D eigenvalue weighted by Gasteiger charge is 2.20. The van der Waals surface area contributed by atoms with Crippen molar-refractivity contribution in [3.63, 3.8) is 0 Å². The number of halogens is 2. The zero-order valence-corrected chi connectivity index (χ0v) is 16.3. The first-order chi connectivity index (χ1) is 12.3. The molecule has 0 aliphatic heterocycles. The third-order valence-electron chi connectivity index (χ3n) is 3.81. The van der Waals surface area contributed by atoms with E-state index in [2.05, 4.69) is 4.72 Å². The van der Waals surface area contributed by atoms with Gasteiger partial charge in [0, 0.05) is 37.3 Å². The van der Waals surface area contributed by atoms with Gasteiger partial charge in [0.1, 0.15) is 5.82 Å². The Morgan fingerprint density at radius 1 is 1.15 bits per heavy atom. The fourth-order valence-corrected chi connectivity index (χ4v) is 3.34. The van der Waals surface area contributed by atoms with Gasteiger partial charge in [-0.05, 0) is 30.2 Å². The third-order valence-corrected chi connectivity index (χ3v) is 5.62. The highest BCUT2D eigenvalue weighted by Crippen LogP contribution is 2.21. The topological polar surface area (TPSA) is 58.6 Å². The number of rotatable bonds is 9. The van der Waals surface area contributed by atoms with Crippen molar-refractivity contribution in [3.05, 3.63) is 70.0 Å². The Bertz CT molecular complexity index is 809. The van der Waals surface area contributed by atoms with Gasteiger partial charge >= 0.3 is 0 Å². The average molecular weight is 401 g/mol. The maximum Gasteiger partial charge on any atom is 0.279 e. The largest absolute Gasteiger partial charge is 0.377 e. The zero-order valence-electron chi connectivity index (χ0n) is 14.7. The molecule has 0 saturated carbocycles. The Morgan fingerprint density at radius 3 is 2.42 bits per heavy atom. The van der Waals surface area contributed by atoms with Crippen molar-refractivity contribution in [2.75, 3.05) is 13.7 Å². The molecule has 0 aliphatic rings. The van der Waals surface area contributed by atoms with Gasteiger partial charge in [0.25, 0.3) is 10.2 Å². The van der Waals surface area contributed by atoms with Crippen LogP contribution in [-0.2, 0) is 34.6 Å². The summed E-state index contributed by atoms with van der Waals surface area (Å²) < 4.78 is 47.4. The van der Waals surface area contributed by atoms with Crippen molar-refractivity contribution in [2.24, 2.45) is 0 Å². The van der Waals surface area contributed by atoms with E-state index in [1.807, 2.05) is 31.2 Å². The lowest BCUT2D eigenvalue weighted by Crippen LogP contribution is -2.37. The first-order valence-electron chi connectivity index (χ1n) is 8.13. The Morgan fingerprint density at radius 2 is 1.81 bits per heavy atom. The van der Waals surface area contributed by atoms with Crippen LogP contribution in [0.25, 0.3) is 0 Å². The predicted octanol–water partition coefficient (Wildman–Crippen LogP) is 3.48. The van der Waals surface area contributed by atoms with Gasteiger partial charge in [-0.25, -0.2) is 4.39 Å². The number of nitrogens with zero attached hydrogens (tertiary/aromatic N) is 1. The lowest BCUT2D eigenvalue weighted by molar-refractivity contribution is 0.134. The van der Waals surface area contributed by atoms with E-state index >= 15 is 0 Å². The minimum Gasteiger partial charge on any atom is -0.377 e. The van der Waals surface area contributed by atoms with Crippen molar-refractivity contribution >= 4 is 21.8 Å². The second kappa shape index (κ2) is 9.43. The van der Waals surface area contributed by atoms with Crippen LogP contribution >= 0.6 is 11.6 Å². The molecule has 0 fully saturated rings. The molecule has 0 radical (unpaired) electrons. The molecule has 0 unspecified atom stereocenters. The van der Waals surface area contributed by atoms with Gasteiger partial charge in [0.15, 0.2) is 0 Å². The second-order valence-corrected chi connectivity index (χ2v) is 8.01. The summed E-state index contributed by atoms with van der Waals surface area (Å²) in [5.74, 6) is -0.538. The Kier molecular flexibility index (Phi) is 7.55. The third kappa shape index (κ3) is 5.75. The smallest absolute Gasteiger partial charge is 0.279 e. The second-order valence-electron chi connectivity index (χ2n) is 5.74. The molecule has 0 atom stereocenters. The first-order valence-corrected chi connectivity index (χ1v) is 9.94. The van der Waals surface area contributed by atoms with Gasteiger partial charge < -0.3 is 4.74 Å². The molecule has 5 nitrogen and oxygen atoms in total. The maximum absolute atomic E-state index is 13.8. The van der Waals surface area contributed by atoms with Crippen molar-refractivity contribution in [1.82, 2.24) is 9.03 Å². The molecule has 0 saturated heterocycles. The lowest BCUT2D eigenvalue weighted by atomic mass is 10.1. The summed E-state index contributed by atoms with van der Waals surface area (Å²) in [4.78, 5) is 0. The predicted molar refractivity (Wildman–Crippen MR) is 100 cm³/mol. The van der Waals surface area contributed by atoms with E-state index in [1.165, 1.54) is 25.2 Å². The molecule has 0 heterocycles. The molecule has 8 heteroatoms. The summed E-state index contributed by atoms with van der Waals surface area (Å²) in [7, 11) is -2.41. The van der Waals surface area contributed by atoms with E-state index in [0.717, 1.165) is 15.4 Å². The number of benzene rings is 2. The summed E-state index contributed by atoms with van der Waals surface area (Å²) in [6.45, 7) is 3.06. The monoisotopic (exact) mass is 400 g/mol. The van der Waals surface area contributed by atoms with Crippen LogP contribution in [0.15, 0.2) is 42.5 Å². The fraction of sp³-hybridized carbons (Fsp3) is 0.333. The molecular weight excluding hydrogens is 379 g/mol. The minimum atomic E-state index is -3.78. The van der Waals surface area contributed by atoms with Crippen molar-refractivity contribution in [1.29, 1.82) is 0 Å². The van der Waals surface area contributed by atoms with Crippen molar-refractivity contribution < 1.29 is 17.5 Å². The van der Waals surface area contributed by atoms with Gasteiger partial charge in [-0.1, -0.05) is 41.9 Å². The first kappa shape index (κ1) is 20.8. The van der Waals surface area contributed by atoms with E-state index in [0.29, 0.717) is 13.2 Å². The molecule has 2 rings (SSSR count). The van der Waals surface area contributed by atoms with Gasteiger partial charge in [-0.3, -0.25) is 0 Å². The van der Waals surface area contributed by atoms with Crippen LogP contribution in [0.2, 0.25) is 5.02 Å². The van der Waals surface area contributed by atoms with E-state index in [-0.39, 0.29) is 23.7 Å². The number of hydrogen-bond donors (Lipinski definition) is 1. The molecule has 2 aromatic rings. The highest BCUT2D eigenvalue weighted by atomic mass is 35.5. The van der Waals surface area contributed by atoms with Crippen LogP contribution in [0, 0.1) is 5.82 Å². The fourth-order valence-electron chi connectivity index (χ4n) is 2.25. The molecule has 142 valence electrons. The zero-order chi connectivity index (χ0) is 19.2. The van der Waals surface area contributed by atoms with E-state index in [1.54, 1.807) is 0 Å². The quantitative estimate of drug-likeness (QED) is 0.701. The van der Waals surface area contributed by atoms with Crippen LogP contribution in [0.5, 0.6) is 0 Å². The SMILES string of the molecule is CCOCc1ccc(CNS(=O)(=O)N(C)Cc2c(F)cccc2Cl)cc1. The maximum atomic E-state index is 13.8. The Balaban J connectivity index is 1.97. The molecule has 1 N–H and O–H groups in total. The molecular formula is C18H22ClFN2O3S. The average Bonchev–Trinajstić information content (AvgIpc) is 2.62. The summed E-state index contributed by atoms with van der Waals surface area (Å²) in [5, 5.41) is 0.192. The highest BCUT2D eigenvalue weighted by molar-refractivity contribution is 7.87. The molecule has 0 bridgehead atoms. The standard InChI is InChI=1S/C18H22ClFN2O3S/c1-3-25-13-15-9-7-14(8-10-15)11-21-26(23,24)22(2)12-16-17(19)5-4-6-18(16)20/h4-10,21H,3,11-13H2,1-2H3. The van der Waals surface area contributed by atoms with Crippen LogP contribution < -0.4 is 4.72 Å². The number of hydrogen-bond acceptors (Lipinski definition) is 3. The van der Waals surface area contributed by atoms with E-state index < -0.39 is 16.0 Å². The summed E-state index contributed by atoms with van der Waals surface area (Å²) in [6, 6.07) is 11.7. The van der Waals surface area contributed by atoms with Crippen molar-refractivity contribution in [2.45, 2.75) is 26.6 Å². The summed E-state index contributed by atoms with van der Waals surface area (Å²) in [6.07, 6.45) is 0. The minimum absolute atomic E-state index is 0.132. The molecule has 0 aliphatic carbocycles. The molecule has 0 amide bonds. The Hall–Kier alpha value is -1.51. The van der Waals surface area contributed by atoms with Crippen molar-refractivity contribution in [3.8, 4) is 0 Å². The molecule has 0 spiro atoms. The van der Waals surface area contributed by atoms with Gasteiger partial charge in [-0.15, -0.1) is 0 Å².